The van der Waals surface area contributed by atoms with Gasteiger partial charge in [0.05, 0.1) is 5.69 Å². The van der Waals surface area contributed by atoms with Gasteiger partial charge in [-0.15, -0.1) is 10.2 Å². The van der Waals surface area contributed by atoms with Crippen molar-refractivity contribution in [3.8, 4) is 5.82 Å². The topological polar surface area (TPSA) is 67.2 Å². The fourth-order valence-electron chi connectivity index (χ4n) is 2.87. The lowest BCUT2D eigenvalue weighted by molar-refractivity contribution is -0.131. The third-order valence-electron chi connectivity index (χ3n) is 4.12. The molecule has 1 aliphatic rings. The molecule has 1 saturated heterocycles. The maximum atomic E-state index is 11.7. The molecule has 122 valence electrons. The molecule has 2 aromatic heterocycles. The number of amides is 1. The average molecular weight is 314 g/mol. The fourth-order valence-corrected chi connectivity index (χ4v) is 2.87. The molecule has 3 rings (SSSR count). The van der Waals surface area contributed by atoms with Crippen LogP contribution >= 0.6 is 0 Å². The molecule has 0 bridgehead atoms. The molecule has 7 heteroatoms. The zero-order valence-electron chi connectivity index (χ0n) is 13.9. The van der Waals surface area contributed by atoms with E-state index in [9.17, 15) is 4.79 Å². The summed E-state index contributed by atoms with van der Waals surface area (Å²) in [7, 11) is 0. The zero-order chi connectivity index (χ0) is 16.4. The van der Waals surface area contributed by atoms with E-state index in [2.05, 4.69) is 20.2 Å². The molecule has 0 aromatic carbocycles. The Morgan fingerprint density at radius 2 is 1.74 bits per heavy atom. The van der Waals surface area contributed by atoms with E-state index in [1.54, 1.807) is 4.68 Å². The maximum absolute atomic E-state index is 11.7. The molecule has 0 aliphatic carbocycles. The zero-order valence-corrected chi connectivity index (χ0v) is 13.9. The Kier molecular flexibility index (Phi) is 4.27. The number of aryl methyl sites for hydroxylation is 2. The van der Waals surface area contributed by atoms with Crippen LogP contribution in [0.25, 0.3) is 5.82 Å². The number of rotatable bonds is 3. The van der Waals surface area contributed by atoms with Crippen LogP contribution in [0.3, 0.4) is 0 Å². The number of hydrogen-bond donors (Lipinski definition) is 0. The van der Waals surface area contributed by atoms with Crippen molar-refractivity contribution in [2.24, 2.45) is 0 Å². The van der Waals surface area contributed by atoms with E-state index in [1.807, 2.05) is 43.9 Å². The van der Waals surface area contributed by atoms with Gasteiger partial charge >= 0.3 is 0 Å². The van der Waals surface area contributed by atoms with E-state index < -0.39 is 0 Å². The molecule has 0 N–H and O–H groups in total. The van der Waals surface area contributed by atoms with Gasteiger partial charge in [0, 0.05) is 38.3 Å². The highest BCUT2D eigenvalue weighted by Crippen LogP contribution is 2.15. The van der Waals surface area contributed by atoms with Crippen LogP contribution < -0.4 is 4.90 Å². The molecule has 7 nitrogen and oxygen atoms in total. The highest BCUT2D eigenvalue weighted by molar-refractivity contribution is 5.76. The number of carbonyl (C=O) groups is 1. The van der Waals surface area contributed by atoms with Crippen molar-refractivity contribution < 1.29 is 4.79 Å². The number of hydrogen-bond acceptors (Lipinski definition) is 5. The number of carbonyl (C=O) groups excluding carboxylic acids is 1. The van der Waals surface area contributed by atoms with Gasteiger partial charge in [-0.2, -0.15) is 5.10 Å². The van der Waals surface area contributed by atoms with Crippen molar-refractivity contribution in [3.05, 3.63) is 29.6 Å². The quantitative estimate of drug-likeness (QED) is 0.855. The average Bonchev–Trinajstić information content (AvgIpc) is 2.93. The second kappa shape index (κ2) is 6.36. The van der Waals surface area contributed by atoms with E-state index in [1.165, 1.54) is 0 Å². The summed E-state index contributed by atoms with van der Waals surface area (Å²) < 4.78 is 1.80. The summed E-state index contributed by atoms with van der Waals surface area (Å²) in [5, 5.41) is 13.0. The maximum Gasteiger partial charge on any atom is 0.222 e. The Hall–Kier alpha value is -2.44. The summed E-state index contributed by atoms with van der Waals surface area (Å²) in [4.78, 5) is 15.8. The summed E-state index contributed by atoms with van der Waals surface area (Å²) in [5.74, 6) is 1.79. The lowest BCUT2D eigenvalue weighted by Gasteiger charge is -2.35. The molecule has 0 unspecified atom stereocenters. The van der Waals surface area contributed by atoms with Crippen molar-refractivity contribution >= 4 is 11.7 Å². The molecular weight excluding hydrogens is 292 g/mol. The lowest BCUT2D eigenvalue weighted by Crippen LogP contribution is -2.48. The molecule has 0 saturated carbocycles. The second-order valence-corrected chi connectivity index (χ2v) is 5.81. The van der Waals surface area contributed by atoms with Gasteiger partial charge in [-0.1, -0.05) is 6.92 Å². The minimum Gasteiger partial charge on any atom is -0.352 e. The Bertz CT molecular complexity index is 685. The molecule has 3 heterocycles. The van der Waals surface area contributed by atoms with Crippen molar-refractivity contribution in [2.75, 3.05) is 31.1 Å². The third kappa shape index (κ3) is 3.18. The van der Waals surface area contributed by atoms with E-state index in [0.29, 0.717) is 6.42 Å². The summed E-state index contributed by atoms with van der Waals surface area (Å²) in [5.41, 5.74) is 2.00. The molecule has 1 fully saturated rings. The molecular formula is C16H22N6O. The molecule has 0 spiro atoms. The largest absolute Gasteiger partial charge is 0.352 e. The van der Waals surface area contributed by atoms with Gasteiger partial charge in [0.15, 0.2) is 11.6 Å². The number of piperazine rings is 1. The second-order valence-electron chi connectivity index (χ2n) is 5.81. The first-order valence-electron chi connectivity index (χ1n) is 7.98. The SMILES string of the molecule is CCC(=O)N1CCN(c2ccc(-n3nc(C)cc3C)nn2)CC1. The fraction of sp³-hybridized carbons (Fsp3) is 0.500. The van der Waals surface area contributed by atoms with Gasteiger partial charge < -0.3 is 9.80 Å². The summed E-state index contributed by atoms with van der Waals surface area (Å²) in [6.07, 6.45) is 0.567. The first kappa shape index (κ1) is 15.5. The van der Waals surface area contributed by atoms with Crippen LogP contribution in [0.4, 0.5) is 5.82 Å². The molecule has 2 aromatic rings. The van der Waals surface area contributed by atoms with Crippen LogP contribution in [0.5, 0.6) is 0 Å². The predicted molar refractivity (Wildman–Crippen MR) is 87.7 cm³/mol. The predicted octanol–water partition coefficient (Wildman–Crippen LogP) is 1.34. The third-order valence-corrected chi connectivity index (χ3v) is 4.12. The monoisotopic (exact) mass is 314 g/mol. The summed E-state index contributed by atoms with van der Waals surface area (Å²) >= 11 is 0. The van der Waals surface area contributed by atoms with Gasteiger partial charge in [-0.05, 0) is 32.0 Å². The summed E-state index contributed by atoms with van der Waals surface area (Å²) in [6.45, 7) is 8.93. The number of anilines is 1. The minimum absolute atomic E-state index is 0.218. The Balaban J connectivity index is 1.69. The molecule has 1 amide bonds. The smallest absolute Gasteiger partial charge is 0.222 e. The first-order valence-corrected chi connectivity index (χ1v) is 7.98. The van der Waals surface area contributed by atoms with E-state index in [0.717, 1.165) is 49.2 Å². The molecule has 1 aliphatic heterocycles. The van der Waals surface area contributed by atoms with Crippen LogP contribution in [0.1, 0.15) is 24.7 Å². The molecule has 0 radical (unpaired) electrons. The molecule has 0 atom stereocenters. The number of nitrogens with zero attached hydrogens (tertiary/aromatic N) is 6. The lowest BCUT2D eigenvalue weighted by atomic mass is 10.3. The summed E-state index contributed by atoms with van der Waals surface area (Å²) in [6, 6.07) is 5.92. The Morgan fingerprint density at radius 3 is 2.26 bits per heavy atom. The van der Waals surface area contributed by atoms with Crippen LogP contribution in [0.2, 0.25) is 0 Å². The van der Waals surface area contributed by atoms with Gasteiger partial charge in [-0.3, -0.25) is 4.79 Å². The van der Waals surface area contributed by atoms with Crippen molar-refractivity contribution in [1.29, 1.82) is 0 Å². The Labute approximate surface area is 135 Å². The Morgan fingerprint density at radius 1 is 1.09 bits per heavy atom. The van der Waals surface area contributed by atoms with Crippen molar-refractivity contribution in [3.63, 3.8) is 0 Å². The van der Waals surface area contributed by atoms with E-state index in [-0.39, 0.29) is 5.91 Å². The number of aromatic nitrogens is 4. The van der Waals surface area contributed by atoms with Crippen LogP contribution in [-0.2, 0) is 4.79 Å². The van der Waals surface area contributed by atoms with E-state index >= 15 is 0 Å². The van der Waals surface area contributed by atoms with Gasteiger partial charge in [0.25, 0.3) is 0 Å². The highest BCUT2D eigenvalue weighted by Gasteiger charge is 2.21. The van der Waals surface area contributed by atoms with Gasteiger partial charge in [0.2, 0.25) is 5.91 Å². The van der Waals surface area contributed by atoms with Crippen LogP contribution in [0, 0.1) is 13.8 Å². The van der Waals surface area contributed by atoms with Gasteiger partial charge in [0.1, 0.15) is 0 Å². The van der Waals surface area contributed by atoms with Gasteiger partial charge in [-0.25, -0.2) is 4.68 Å². The van der Waals surface area contributed by atoms with Crippen LogP contribution in [0.15, 0.2) is 18.2 Å². The standard InChI is InChI=1S/C16H22N6O/c1-4-16(23)21-9-7-20(8-10-21)14-5-6-15(18-17-14)22-13(3)11-12(2)19-22/h5-6,11H,4,7-10H2,1-3H3. The van der Waals surface area contributed by atoms with Crippen molar-refractivity contribution in [2.45, 2.75) is 27.2 Å². The first-order chi connectivity index (χ1) is 11.1. The molecule has 23 heavy (non-hydrogen) atoms. The van der Waals surface area contributed by atoms with Crippen molar-refractivity contribution in [1.82, 2.24) is 24.9 Å². The minimum atomic E-state index is 0.218. The highest BCUT2D eigenvalue weighted by atomic mass is 16.2. The normalized spacial score (nSPS) is 15.1. The van der Waals surface area contributed by atoms with Crippen LogP contribution in [-0.4, -0.2) is 57.0 Å². The van der Waals surface area contributed by atoms with E-state index in [4.69, 9.17) is 0 Å².